The van der Waals surface area contributed by atoms with Crippen LogP contribution in [0.5, 0.6) is 5.75 Å². The fraction of sp³-hybridized carbons (Fsp3) is 0.533. The molecule has 0 aromatic heterocycles. The summed E-state index contributed by atoms with van der Waals surface area (Å²) >= 11 is 0. The number of benzene rings is 1. The molecule has 3 heteroatoms. The number of hydrogen-bond acceptors (Lipinski definition) is 2. The Bertz CT molecular complexity index is 391. The maximum atomic E-state index is 10.6. The molecule has 1 aromatic rings. The van der Waals surface area contributed by atoms with E-state index in [0.717, 1.165) is 24.2 Å². The number of hydrogen-bond donors (Lipinski definition) is 1. The van der Waals surface area contributed by atoms with E-state index in [4.69, 9.17) is 9.84 Å². The molecule has 0 aliphatic rings. The Balaban J connectivity index is 2.40. The molecule has 0 saturated carbocycles. The normalized spacial score (nSPS) is 11.3. The largest absolute Gasteiger partial charge is 0.494 e. The maximum Gasteiger partial charge on any atom is 0.307 e. The molecular weight excluding hydrogens is 228 g/mol. The zero-order valence-corrected chi connectivity index (χ0v) is 11.4. The van der Waals surface area contributed by atoms with Gasteiger partial charge in [-0.1, -0.05) is 32.9 Å². The molecule has 1 rings (SSSR count). The highest BCUT2D eigenvalue weighted by Crippen LogP contribution is 2.21. The van der Waals surface area contributed by atoms with Crippen LogP contribution < -0.4 is 4.74 Å². The first-order valence-corrected chi connectivity index (χ1v) is 6.30. The first kappa shape index (κ1) is 14.6. The monoisotopic (exact) mass is 250 g/mol. The standard InChI is InChI=1S/C15H22O3/c1-15(2,3)8-5-9-18-13-7-4-6-12(10-13)11-14(16)17/h4,6-7,10H,5,8-9,11H2,1-3H3,(H,16,17). The summed E-state index contributed by atoms with van der Waals surface area (Å²) in [6, 6.07) is 7.29. The lowest BCUT2D eigenvalue weighted by atomic mass is 9.91. The average Bonchev–Trinajstić information content (AvgIpc) is 2.23. The van der Waals surface area contributed by atoms with Crippen molar-refractivity contribution in [1.29, 1.82) is 0 Å². The van der Waals surface area contributed by atoms with Crippen LogP contribution in [0.2, 0.25) is 0 Å². The molecule has 0 amide bonds. The lowest BCUT2D eigenvalue weighted by Gasteiger charge is -2.17. The second kappa shape index (κ2) is 6.43. The van der Waals surface area contributed by atoms with Gasteiger partial charge in [0.05, 0.1) is 13.0 Å². The zero-order valence-electron chi connectivity index (χ0n) is 11.4. The number of carbonyl (C=O) groups is 1. The molecule has 0 bridgehead atoms. The molecule has 0 atom stereocenters. The van der Waals surface area contributed by atoms with Gasteiger partial charge < -0.3 is 9.84 Å². The maximum absolute atomic E-state index is 10.6. The summed E-state index contributed by atoms with van der Waals surface area (Å²) in [5.74, 6) is -0.0671. The van der Waals surface area contributed by atoms with Crippen molar-refractivity contribution < 1.29 is 14.6 Å². The summed E-state index contributed by atoms with van der Waals surface area (Å²) in [4.78, 5) is 10.6. The fourth-order valence-corrected chi connectivity index (χ4v) is 1.71. The lowest BCUT2D eigenvalue weighted by molar-refractivity contribution is -0.136. The van der Waals surface area contributed by atoms with Crippen LogP contribution in [0.4, 0.5) is 0 Å². The van der Waals surface area contributed by atoms with Crippen LogP contribution in [0.15, 0.2) is 24.3 Å². The molecule has 0 aliphatic carbocycles. The van der Waals surface area contributed by atoms with Gasteiger partial charge in [-0.25, -0.2) is 0 Å². The summed E-state index contributed by atoms with van der Waals surface area (Å²) in [6.07, 6.45) is 2.16. The predicted molar refractivity (Wildman–Crippen MR) is 72.0 cm³/mol. The summed E-state index contributed by atoms with van der Waals surface area (Å²) in [5.41, 5.74) is 1.10. The third kappa shape index (κ3) is 6.28. The minimum atomic E-state index is -0.820. The van der Waals surface area contributed by atoms with E-state index in [1.54, 1.807) is 12.1 Å². The van der Waals surface area contributed by atoms with Crippen LogP contribution in [0.25, 0.3) is 0 Å². The third-order valence-corrected chi connectivity index (χ3v) is 2.59. The van der Waals surface area contributed by atoms with Crippen molar-refractivity contribution in [2.45, 2.75) is 40.0 Å². The van der Waals surface area contributed by atoms with Gasteiger partial charge >= 0.3 is 5.97 Å². The van der Waals surface area contributed by atoms with Gasteiger partial charge in [-0.05, 0) is 36.0 Å². The molecule has 1 N–H and O–H groups in total. The molecular formula is C15H22O3. The summed E-state index contributed by atoms with van der Waals surface area (Å²) in [7, 11) is 0. The van der Waals surface area contributed by atoms with Gasteiger partial charge in [0, 0.05) is 0 Å². The van der Waals surface area contributed by atoms with E-state index in [1.165, 1.54) is 0 Å². The van der Waals surface area contributed by atoms with Crippen molar-refractivity contribution in [3.05, 3.63) is 29.8 Å². The molecule has 0 saturated heterocycles. The van der Waals surface area contributed by atoms with Gasteiger partial charge in [0.2, 0.25) is 0 Å². The van der Waals surface area contributed by atoms with E-state index in [1.807, 2.05) is 12.1 Å². The second-order valence-electron chi connectivity index (χ2n) is 5.73. The minimum Gasteiger partial charge on any atom is -0.494 e. The first-order valence-electron chi connectivity index (χ1n) is 6.30. The Morgan fingerprint density at radius 3 is 2.67 bits per heavy atom. The lowest BCUT2D eigenvalue weighted by Crippen LogP contribution is -2.08. The highest BCUT2D eigenvalue weighted by atomic mass is 16.5. The van der Waals surface area contributed by atoms with Gasteiger partial charge in [0.15, 0.2) is 0 Å². The van der Waals surface area contributed by atoms with Gasteiger partial charge in [-0.15, -0.1) is 0 Å². The van der Waals surface area contributed by atoms with Crippen molar-refractivity contribution in [3.8, 4) is 5.75 Å². The molecule has 0 fully saturated rings. The number of rotatable bonds is 6. The van der Waals surface area contributed by atoms with Crippen molar-refractivity contribution in [2.24, 2.45) is 5.41 Å². The van der Waals surface area contributed by atoms with Crippen LogP contribution >= 0.6 is 0 Å². The summed E-state index contributed by atoms with van der Waals surface area (Å²) in [6.45, 7) is 7.30. The van der Waals surface area contributed by atoms with Crippen molar-refractivity contribution in [3.63, 3.8) is 0 Å². The van der Waals surface area contributed by atoms with Gasteiger partial charge in [0.25, 0.3) is 0 Å². The molecule has 0 unspecified atom stereocenters. The highest BCUT2D eigenvalue weighted by molar-refractivity contribution is 5.70. The van der Waals surface area contributed by atoms with Crippen LogP contribution in [0, 0.1) is 5.41 Å². The molecule has 1 aromatic carbocycles. The SMILES string of the molecule is CC(C)(C)CCCOc1cccc(CC(=O)O)c1. The number of aliphatic carboxylic acids is 1. The van der Waals surface area contributed by atoms with E-state index < -0.39 is 5.97 Å². The minimum absolute atomic E-state index is 0.0409. The predicted octanol–water partition coefficient (Wildman–Crippen LogP) is 3.52. The quantitative estimate of drug-likeness (QED) is 0.786. The summed E-state index contributed by atoms with van der Waals surface area (Å²) < 4.78 is 5.63. The third-order valence-electron chi connectivity index (χ3n) is 2.59. The van der Waals surface area contributed by atoms with E-state index in [-0.39, 0.29) is 6.42 Å². The van der Waals surface area contributed by atoms with E-state index in [9.17, 15) is 4.79 Å². The highest BCUT2D eigenvalue weighted by Gasteiger charge is 2.09. The smallest absolute Gasteiger partial charge is 0.307 e. The van der Waals surface area contributed by atoms with E-state index in [0.29, 0.717) is 12.0 Å². The molecule has 0 spiro atoms. The fourth-order valence-electron chi connectivity index (χ4n) is 1.71. The first-order chi connectivity index (χ1) is 8.37. The average molecular weight is 250 g/mol. The van der Waals surface area contributed by atoms with E-state index in [2.05, 4.69) is 20.8 Å². The van der Waals surface area contributed by atoms with E-state index >= 15 is 0 Å². The Hall–Kier alpha value is -1.51. The van der Waals surface area contributed by atoms with Crippen molar-refractivity contribution >= 4 is 5.97 Å². The number of carboxylic acids is 1. The molecule has 0 heterocycles. The Kier molecular flexibility index (Phi) is 5.20. The van der Waals surface area contributed by atoms with Gasteiger partial charge in [-0.2, -0.15) is 0 Å². The summed E-state index contributed by atoms with van der Waals surface area (Å²) in [5, 5.41) is 8.72. The van der Waals surface area contributed by atoms with Crippen molar-refractivity contribution in [1.82, 2.24) is 0 Å². The molecule has 100 valence electrons. The molecule has 0 radical (unpaired) electrons. The molecule has 3 nitrogen and oxygen atoms in total. The van der Waals surface area contributed by atoms with Crippen LogP contribution in [-0.2, 0) is 11.2 Å². The number of carboxylic acid groups (broad SMARTS) is 1. The topological polar surface area (TPSA) is 46.5 Å². The van der Waals surface area contributed by atoms with Crippen molar-refractivity contribution in [2.75, 3.05) is 6.61 Å². The van der Waals surface area contributed by atoms with Crippen LogP contribution in [0.3, 0.4) is 0 Å². The van der Waals surface area contributed by atoms with Gasteiger partial charge in [-0.3, -0.25) is 4.79 Å². The Morgan fingerprint density at radius 2 is 2.06 bits per heavy atom. The zero-order chi connectivity index (χ0) is 13.6. The molecule has 0 aliphatic heterocycles. The van der Waals surface area contributed by atoms with Crippen LogP contribution in [-0.4, -0.2) is 17.7 Å². The van der Waals surface area contributed by atoms with Gasteiger partial charge in [0.1, 0.15) is 5.75 Å². The second-order valence-corrected chi connectivity index (χ2v) is 5.73. The number of ether oxygens (including phenoxy) is 1. The Labute approximate surface area is 109 Å². The Morgan fingerprint density at radius 1 is 1.33 bits per heavy atom. The van der Waals surface area contributed by atoms with Crippen LogP contribution in [0.1, 0.15) is 39.2 Å². The molecule has 18 heavy (non-hydrogen) atoms.